The molecule has 1 aliphatic carbocycles. The van der Waals surface area contributed by atoms with Crippen molar-refractivity contribution in [1.82, 2.24) is 15.1 Å². The van der Waals surface area contributed by atoms with E-state index in [0.717, 1.165) is 32.1 Å². The lowest BCUT2D eigenvalue weighted by Gasteiger charge is -2.34. The number of carbonyl (C=O) groups excluding carboxylic acids is 1. The van der Waals surface area contributed by atoms with Crippen LogP contribution in [-0.4, -0.2) is 61.5 Å². The molecule has 2 atom stereocenters. The first-order valence-corrected chi connectivity index (χ1v) is 7.90. The lowest BCUT2D eigenvalue weighted by molar-refractivity contribution is -0.132. The van der Waals surface area contributed by atoms with E-state index in [4.69, 9.17) is 0 Å². The summed E-state index contributed by atoms with van der Waals surface area (Å²) in [6, 6.07) is 0.565. The Morgan fingerprint density at radius 1 is 1.16 bits per heavy atom. The molecule has 1 N–H and O–H groups in total. The van der Waals surface area contributed by atoms with Crippen molar-refractivity contribution in [1.29, 1.82) is 0 Å². The van der Waals surface area contributed by atoms with Gasteiger partial charge in [-0.3, -0.25) is 4.79 Å². The first-order valence-electron chi connectivity index (χ1n) is 7.90. The standard InChI is InChI=1S/C15H29N3O/c1-3-13-6-4-5-7-14(13)16-12-15(19)18-10-8-17(2)9-11-18/h13-14,16H,3-12H2,1-2H3. The van der Waals surface area contributed by atoms with E-state index in [9.17, 15) is 4.79 Å². The lowest BCUT2D eigenvalue weighted by atomic mass is 9.83. The third-order valence-corrected chi connectivity index (χ3v) is 4.80. The molecule has 4 nitrogen and oxygen atoms in total. The Bertz CT molecular complexity index is 287. The van der Waals surface area contributed by atoms with Crippen LogP contribution in [0.1, 0.15) is 39.0 Å². The zero-order chi connectivity index (χ0) is 13.7. The number of nitrogens with zero attached hydrogens (tertiary/aromatic N) is 2. The van der Waals surface area contributed by atoms with E-state index in [1.54, 1.807) is 0 Å². The fourth-order valence-corrected chi connectivity index (χ4v) is 3.35. The van der Waals surface area contributed by atoms with Crippen molar-refractivity contribution in [2.45, 2.75) is 45.1 Å². The maximum Gasteiger partial charge on any atom is 0.236 e. The number of amides is 1. The van der Waals surface area contributed by atoms with Crippen LogP contribution >= 0.6 is 0 Å². The molecule has 0 aromatic carbocycles. The second-order valence-electron chi connectivity index (χ2n) is 6.12. The molecule has 1 saturated carbocycles. The maximum atomic E-state index is 12.2. The number of hydrogen-bond acceptors (Lipinski definition) is 3. The van der Waals surface area contributed by atoms with Crippen LogP contribution in [0.25, 0.3) is 0 Å². The van der Waals surface area contributed by atoms with Crippen LogP contribution in [0.4, 0.5) is 0 Å². The molecule has 0 aromatic rings. The second kappa shape index (κ2) is 7.25. The van der Waals surface area contributed by atoms with Crippen LogP contribution in [0, 0.1) is 5.92 Å². The van der Waals surface area contributed by atoms with Gasteiger partial charge in [-0.1, -0.05) is 26.2 Å². The molecule has 4 heteroatoms. The van der Waals surface area contributed by atoms with Gasteiger partial charge in [-0.05, 0) is 25.8 Å². The highest BCUT2D eigenvalue weighted by Crippen LogP contribution is 2.26. The fraction of sp³-hybridized carbons (Fsp3) is 0.933. The summed E-state index contributed by atoms with van der Waals surface area (Å²) in [5.41, 5.74) is 0. The number of hydrogen-bond donors (Lipinski definition) is 1. The third kappa shape index (κ3) is 4.18. The van der Waals surface area contributed by atoms with Gasteiger partial charge in [0, 0.05) is 32.2 Å². The Hall–Kier alpha value is -0.610. The van der Waals surface area contributed by atoms with Gasteiger partial charge in [0.05, 0.1) is 6.54 Å². The average Bonchev–Trinajstić information content (AvgIpc) is 2.45. The Kier molecular flexibility index (Phi) is 5.64. The maximum absolute atomic E-state index is 12.2. The minimum atomic E-state index is 0.286. The van der Waals surface area contributed by atoms with Crippen molar-refractivity contribution in [2.24, 2.45) is 5.92 Å². The average molecular weight is 267 g/mol. The van der Waals surface area contributed by atoms with E-state index in [-0.39, 0.29) is 5.91 Å². The van der Waals surface area contributed by atoms with Crippen LogP contribution in [0.3, 0.4) is 0 Å². The van der Waals surface area contributed by atoms with Crippen LogP contribution < -0.4 is 5.32 Å². The number of rotatable bonds is 4. The molecule has 2 unspecified atom stereocenters. The molecule has 1 aliphatic heterocycles. The van der Waals surface area contributed by atoms with Gasteiger partial charge in [-0.25, -0.2) is 0 Å². The number of likely N-dealkylation sites (N-methyl/N-ethyl adjacent to an activating group) is 1. The topological polar surface area (TPSA) is 35.6 Å². The quantitative estimate of drug-likeness (QED) is 0.834. The SMILES string of the molecule is CCC1CCCCC1NCC(=O)N1CCN(C)CC1. The molecule has 110 valence electrons. The molecular weight excluding hydrogens is 238 g/mol. The molecule has 1 amide bonds. The van der Waals surface area contributed by atoms with E-state index in [1.807, 2.05) is 4.90 Å². The summed E-state index contributed by atoms with van der Waals surface area (Å²) in [5.74, 6) is 1.06. The Labute approximate surface area is 117 Å². The van der Waals surface area contributed by atoms with Crippen molar-refractivity contribution in [3.8, 4) is 0 Å². The minimum absolute atomic E-state index is 0.286. The molecular formula is C15H29N3O. The van der Waals surface area contributed by atoms with Gasteiger partial charge in [-0.15, -0.1) is 0 Å². The first kappa shape index (κ1) is 14.8. The van der Waals surface area contributed by atoms with E-state index < -0.39 is 0 Å². The Morgan fingerprint density at radius 2 is 1.84 bits per heavy atom. The van der Waals surface area contributed by atoms with Gasteiger partial charge >= 0.3 is 0 Å². The minimum Gasteiger partial charge on any atom is -0.339 e. The van der Waals surface area contributed by atoms with Gasteiger partial charge in [0.15, 0.2) is 0 Å². The number of nitrogens with one attached hydrogen (secondary N) is 1. The molecule has 1 saturated heterocycles. The summed E-state index contributed by atoms with van der Waals surface area (Å²) in [6.45, 7) is 6.59. The molecule has 0 bridgehead atoms. The molecule has 19 heavy (non-hydrogen) atoms. The summed E-state index contributed by atoms with van der Waals surface area (Å²) < 4.78 is 0. The predicted molar refractivity (Wildman–Crippen MR) is 78.1 cm³/mol. The highest BCUT2D eigenvalue weighted by molar-refractivity contribution is 5.78. The van der Waals surface area contributed by atoms with E-state index in [0.29, 0.717) is 12.6 Å². The molecule has 2 fully saturated rings. The summed E-state index contributed by atoms with van der Waals surface area (Å²) in [7, 11) is 2.12. The zero-order valence-corrected chi connectivity index (χ0v) is 12.5. The Balaban J connectivity index is 1.73. The molecule has 2 rings (SSSR count). The summed E-state index contributed by atoms with van der Waals surface area (Å²) in [4.78, 5) is 16.5. The molecule has 0 radical (unpaired) electrons. The highest BCUT2D eigenvalue weighted by Gasteiger charge is 2.25. The summed E-state index contributed by atoms with van der Waals surface area (Å²) in [6.07, 6.45) is 6.49. The lowest BCUT2D eigenvalue weighted by Crippen LogP contribution is -2.51. The van der Waals surface area contributed by atoms with Gasteiger partial charge < -0.3 is 15.1 Å². The van der Waals surface area contributed by atoms with Crippen molar-refractivity contribution in [3.63, 3.8) is 0 Å². The summed E-state index contributed by atoms with van der Waals surface area (Å²) >= 11 is 0. The van der Waals surface area contributed by atoms with E-state index in [1.165, 1.54) is 32.1 Å². The largest absolute Gasteiger partial charge is 0.339 e. The van der Waals surface area contributed by atoms with Gasteiger partial charge in [-0.2, -0.15) is 0 Å². The van der Waals surface area contributed by atoms with E-state index in [2.05, 4.69) is 24.2 Å². The van der Waals surface area contributed by atoms with E-state index >= 15 is 0 Å². The van der Waals surface area contributed by atoms with Gasteiger partial charge in [0.2, 0.25) is 5.91 Å². The monoisotopic (exact) mass is 267 g/mol. The van der Waals surface area contributed by atoms with Crippen molar-refractivity contribution in [3.05, 3.63) is 0 Å². The van der Waals surface area contributed by atoms with Gasteiger partial charge in [0.25, 0.3) is 0 Å². The molecule has 0 spiro atoms. The third-order valence-electron chi connectivity index (χ3n) is 4.80. The first-order chi connectivity index (χ1) is 9.20. The molecule has 0 aromatic heterocycles. The normalized spacial score (nSPS) is 29.5. The van der Waals surface area contributed by atoms with Crippen LogP contribution in [0.2, 0.25) is 0 Å². The smallest absolute Gasteiger partial charge is 0.236 e. The van der Waals surface area contributed by atoms with Crippen molar-refractivity contribution < 1.29 is 4.79 Å². The number of piperazine rings is 1. The van der Waals surface area contributed by atoms with Crippen LogP contribution in [-0.2, 0) is 4.79 Å². The van der Waals surface area contributed by atoms with Crippen molar-refractivity contribution >= 4 is 5.91 Å². The molecule has 2 aliphatic rings. The van der Waals surface area contributed by atoms with Gasteiger partial charge in [0.1, 0.15) is 0 Å². The molecule has 1 heterocycles. The van der Waals surface area contributed by atoms with Crippen molar-refractivity contribution in [2.75, 3.05) is 39.8 Å². The fourth-order valence-electron chi connectivity index (χ4n) is 3.35. The number of carbonyl (C=O) groups is 1. The zero-order valence-electron chi connectivity index (χ0n) is 12.5. The second-order valence-corrected chi connectivity index (χ2v) is 6.12. The van der Waals surface area contributed by atoms with Crippen LogP contribution in [0.15, 0.2) is 0 Å². The summed E-state index contributed by atoms with van der Waals surface area (Å²) in [5, 5.41) is 3.53. The highest BCUT2D eigenvalue weighted by atomic mass is 16.2. The predicted octanol–water partition coefficient (Wildman–Crippen LogP) is 1.32. The van der Waals surface area contributed by atoms with Crippen LogP contribution in [0.5, 0.6) is 0 Å². The Morgan fingerprint density at radius 3 is 2.53 bits per heavy atom.